The highest BCUT2D eigenvalue weighted by Crippen LogP contribution is 2.20. The molecule has 0 aliphatic rings. The van der Waals surface area contributed by atoms with Gasteiger partial charge in [0, 0.05) is 19.3 Å². The first-order valence-corrected chi connectivity index (χ1v) is 7.92. The van der Waals surface area contributed by atoms with Gasteiger partial charge in [0.05, 0.1) is 18.2 Å². The number of rotatable bonds is 6. The number of nitriles is 1. The lowest BCUT2D eigenvalue weighted by molar-refractivity contribution is -0.121. The molecule has 0 aliphatic carbocycles. The minimum atomic E-state index is -0.711. The van der Waals surface area contributed by atoms with Crippen molar-refractivity contribution in [3.63, 3.8) is 0 Å². The summed E-state index contributed by atoms with van der Waals surface area (Å²) in [4.78, 5) is 26.1. The smallest absolute Gasteiger partial charge is 0.343 e. The number of esters is 1. The summed E-state index contributed by atoms with van der Waals surface area (Å²) >= 11 is 6.02. The quantitative estimate of drug-likeness (QED) is 0.738. The minimum Gasteiger partial charge on any atom is -0.452 e. The van der Waals surface area contributed by atoms with Crippen LogP contribution in [-0.2, 0) is 16.6 Å². The normalized spacial score (nSPS) is 10.2. The summed E-state index contributed by atoms with van der Waals surface area (Å²) in [5.41, 5.74) is 1.20. The first kappa shape index (κ1) is 18.5. The van der Waals surface area contributed by atoms with Crippen molar-refractivity contribution in [2.45, 2.75) is 13.3 Å². The van der Waals surface area contributed by atoms with Crippen molar-refractivity contribution in [3.8, 4) is 6.07 Å². The molecule has 0 atom stereocenters. The van der Waals surface area contributed by atoms with Crippen molar-refractivity contribution >= 4 is 29.2 Å². The van der Waals surface area contributed by atoms with E-state index in [1.807, 2.05) is 12.1 Å². The summed E-state index contributed by atoms with van der Waals surface area (Å²) < 4.78 is 6.46. The van der Waals surface area contributed by atoms with Crippen molar-refractivity contribution in [1.82, 2.24) is 9.78 Å². The Morgan fingerprint density at radius 1 is 1.36 bits per heavy atom. The van der Waals surface area contributed by atoms with Crippen LogP contribution in [0.1, 0.15) is 22.5 Å². The molecule has 25 heavy (non-hydrogen) atoms. The highest BCUT2D eigenvalue weighted by atomic mass is 35.5. The van der Waals surface area contributed by atoms with E-state index in [0.29, 0.717) is 11.4 Å². The van der Waals surface area contributed by atoms with Crippen LogP contribution in [0.5, 0.6) is 0 Å². The molecule has 0 saturated heterocycles. The number of hydrogen-bond acceptors (Lipinski definition) is 5. The number of anilines is 1. The van der Waals surface area contributed by atoms with Gasteiger partial charge in [-0.25, -0.2) is 4.79 Å². The molecule has 2 aromatic rings. The lowest BCUT2D eigenvalue weighted by Crippen LogP contribution is -2.35. The van der Waals surface area contributed by atoms with Crippen LogP contribution in [0, 0.1) is 18.3 Å². The number of benzene rings is 1. The largest absolute Gasteiger partial charge is 0.452 e. The fraction of sp³-hybridized carbons (Fsp3) is 0.294. The zero-order valence-corrected chi connectivity index (χ0v) is 14.7. The molecule has 0 radical (unpaired) electrons. The maximum Gasteiger partial charge on any atom is 0.343 e. The van der Waals surface area contributed by atoms with Gasteiger partial charge in [-0.3, -0.25) is 9.48 Å². The van der Waals surface area contributed by atoms with E-state index in [4.69, 9.17) is 21.6 Å². The maximum atomic E-state index is 12.4. The highest BCUT2D eigenvalue weighted by Gasteiger charge is 2.23. The molecule has 8 heteroatoms. The Morgan fingerprint density at radius 2 is 2.04 bits per heavy atom. The molecule has 1 aromatic carbocycles. The number of aryl methyl sites for hydroxylation is 2. The van der Waals surface area contributed by atoms with Crippen LogP contribution in [-0.4, -0.2) is 34.8 Å². The van der Waals surface area contributed by atoms with Crippen molar-refractivity contribution in [1.29, 1.82) is 5.26 Å². The van der Waals surface area contributed by atoms with Crippen LogP contribution >= 0.6 is 11.6 Å². The fourth-order valence-electron chi connectivity index (χ4n) is 2.31. The molecule has 1 heterocycles. The average Bonchev–Trinajstić information content (AvgIpc) is 2.86. The molecule has 1 aromatic heterocycles. The topological polar surface area (TPSA) is 88.2 Å². The van der Waals surface area contributed by atoms with Crippen LogP contribution in [0.4, 0.5) is 5.69 Å². The van der Waals surface area contributed by atoms with Crippen molar-refractivity contribution in [3.05, 3.63) is 46.7 Å². The van der Waals surface area contributed by atoms with Gasteiger partial charge in [-0.05, 0) is 19.1 Å². The zero-order valence-electron chi connectivity index (χ0n) is 13.9. The van der Waals surface area contributed by atoms with Gasteiger partial charge in [-0.15, -0.1) is 0 Å². The van der Waals surface area contributed by atoms with E-state index >= 15 is 0 Å². The van der Waals surface area contributed by atoms with E-state index in [1.165, 1.54) is 9.58 Å². The van der Waals surface area contributed by atoms with Gasteiger partial charge < -0.3 is 9.64 Å². The number of para-hydroxylation sites is 1. The Bertz CT molecular complexity index is 811. The Morgan fingerprint density at radius 3 is 2.60 bits per heavy atom. The van der Waals surface area contributed by atoms with Crippen molar-refractivity contribution in [2.24, 2.45) is 7.05 Å². The van der Waals surface area contributed by atoms with Gasteiger partial charge in [0.1, 0.15) is 10.7 Å². The number of hydrogen-bond donors (Lipinski definition) is 0. The summed E-state index contributed by atoms with van der Waals surface area (Å²) in [6, 6.07) is 10.9. The van der Waals surface area contributed by atoms with Gasteiger partial charge in [-0.2, -0.15) is 10.4 Å². The molecule has 0 N–H and O–H groups in total. The summed E-state index contributed by atoms with van der Waals surface area (Å²) in [6.07, 6.45) is 0.169. The second-order valence-corrected chi connectivity index (χ2v) is 5.60. The second kappa shape index (κ2) is 8.31. The number of halogens is 1. The molecule has 0 bridgehead atoms. The molecule has 0 aliphatic heterocycles. The molecule has 0 spiro atoms. The van der Waals surface area contributed by atoms with Crippen LogP contribution < -0.4 is 4.90 Å². The molecular weight excluding hydrogens is 344 g/mol. The Balaban J connectivity index is 2.08. The maximum absolute atomic E-state index is 12.4. The first-order chi connectivity index (χ1) is 12.0. The fourth-order valence-corrected chi connectivity index (χ4v) is 2.56. The summed E-state index contributed by atoms with van der Waals surface area (Å²) in [5.74, 6) is -1.13. The van der Waals surface area contributed by atoms with E-state index in [1.54, 1.807) is 38.2 Å². The Kier molecular flexibility index (Phi) is 6.14. The first-order valence-electron chi connectivity index (χ1n) is 7.54. The molecule has 130 valence electrons. The third kappa shape index (κ3) is 4.37. The number of amides is 1. The van der Waals surface area contributed by atoms with Gasteiger partial charge in [0.25, 0.3) is 5.91 Å². The number of aromatic nitrogens is 2. The van der Waals surface area contributed by atoms with Gasteiger partial charge in [-0.1, -0.05) is 29.8 Å². The Hall–Kier alpha value is -2.85. The molecule has 0 saturated carbocycles. The van der Waals surface area contributed by atoms with Gasteiger partial charge in [0.2, 0.25) is 0 Å². The molecule has 0 unspecified atom stereocenters. The second-order valence-electron chi connectivity index (χ2n) is 5.24. The third-order valence-electron chi connectivity index (χ3n) is 3.50. The monoisotopic (exact) mass is 360 g/mol. The predicted molar refractivity (Wildman–Crippen MR) is 92.3 cm³/mol. The predicted octanol–water partition coefficient (Wildman–Crippen LogP) is 2.49. The molecule has 7 nitrogen and oxygen atoms in total. The van der Waals surface area contributed by atoms with Crippen LogP contribution in [0.25, 0.3) is 0 Å². The van der Waals surface area contributed by atoms with E-state index in [-0.39, 0.29) is 23.7 Å². The standard InChI is InChI=1S/C17H17ClN4O3/c1-12-15(16(18)21(2)20-12)17(24)25-11-14(23)22(10-6-9-19)13-7-4-3-5-8-13/h3-5,7-8H,6,10-11H2,1-2H3. The van der Waals surface area contributed by atoms with Crippen LogP contribution in [0.3, 0.4) is 0 Å². The number of carbonyl (C=O) groups excluding carboxylic acids is 2. The minimum absolute atomic E-state index is 0.139. The van der Waals surface area contributed by atoms with Crippen molar-refractivity contribution < 1.29 is 14.3 Å². The molecule has 2 rings (SSSR count). The number of nitrogens with zero attached hydrogens (tertiary/aromatic N) is 4. The third-order valence-corrected chi connectivity index (χ3v) is 3.93. The zero-order chi connectivity index (χ0) is 18.4. The van der Waals surface area contributed by atoms with E-state index in [9.17, 15) is 9.59 Å². The van der Waals surface area contributed by atoms with Crippen LogP contribution in [0.15, 0.2) is 30.3 Å². The molecule has 1 amide bonds. The Labute approximate surface area is 150 Å². The highest BCUT2D eigenvalue weighted by molar-refractivity contribution is 6.32. The van der Waals surface area contributed by atoms with Gasteiger partial charge in [0.15, 0.2) is 6.61 Å². The summed E-state index contributed by atoms with van der Waals surface area (Å²) in [7, 11) is 1.61. The van der Waals surface area contributed by atoms with Crippen molar-refractivity contribution in [2.75, 3.05) is 18.1 Å². The SMILES string of the molecule is Cc1nn(C)c(Cl)c1C(=O)OCC(=O)N(CCC#N)c1ccccc1. The van der Waals surface area contributed by atoms with Crippen LogP contribution in [0.2, 0.25) is 5.15 Å². The lowest BCUT2D eigenvalue weighted by Gasteiger charge is -2.21. The van der Waals surface area contributed by atoms with E-state index < -0.39 is 18.5 Å². The number of carbonyl (C=O) groups is 2. The lowest BCUT2D eigenvalue weighted by atomic mass is 10.2. The van der Waals surface area contributed by atoms with E-state index in [0.717, 1.165) is 0 Å². The molecular formula is C17H17ClN4O3. The molecule has 0 fully saturated rings. The van der Waals surface area contributed by atoms with Gasteiger partial charge >= 0.3 is 5.97 Å². The summed E-state index contributed by atoms with van der Waals surface area (Å²) in [6.45, 7) is 1.39. The number of ether oxygens (including phenoxy) is 1. The average molecular weight is 361 g/mol. The van der Waals surface area contributed by atoms with E-state index in [2.05, 4.69) is 5.10 Å². The summed E-state index contributed by atoms with van der Waals surface area (Å²) in [5, 5.41) is 13.0.